The smallest absolute Gasteiger partial charge is 0.311 e. The van der Waals surface area contributed by atoms with Crippen LogP contribution in [-0.2, 0) is 19.1 Å². The molecule has 0 rings (SSSR count). The predicted octanol–water partition coefficient (Wildman–Crippen LogP) is 14.2. The van der Waals surface area contributed by atoms with Gasteiger partial charge in [0.2, 0.25) is 0 Å². The molecular weight excluding hydrogens is 683 g/mol. The van der Waals surface area contributed by atoms with Crippen LogP contribution in [0.3, 0.4) is 0 Å². The summed E-state index contributed by atoms with van der Waals surface area (Å²) in [5.74, 6) is 0.476. The minimum Gasteiger partial charge on any atom is -0.466 e. The molecule has 0 fully saturated rings. The average molecular weight is 780 g/mol. The molecular formula is C49H97NO5. The number of ether oxygens (including phenoxy) is 2. The van der Waals surface area contributed by atoms with E-state index in [0.717, 1.165) is 77.4 Å². The van der Waals surface area contributed by atoms with Crippen LogP contribution in [0.5, 0.6) is 0 Å². The third kappa shape index (κ3) is 34.6. The van der Waals surface area contributed by atoms with Gasteiger partial charge >= 0.3 is 11.9 Å². The maximum Gasteiger partial charge on any atom is 0.311 e. The van der Waals surface area contributed by atoms with Gasteiger partial charge in [0, 0.05) is 13.0 Å². The Morgan fingerprint density at radius 2 is 1.00 bits per heavy atom. The Bertz CT molecular complexity index is 844. The van der Waals surface area contributed by atoms with Crippen molar-refractivity contribution in [1.82, 2.24) is 4.90 Å². The summed E-state index contributed by atoms with van der Waals surface area (Å²) in [5, 5.41) is 9.37. The summed E-state index contributed by atoms with van der Waals surface area (Å²) < 4.78 is 11.6. The molecule has 0 amide bonds. The fourth-order valence-corrected chi connectivity index (χ4v) is 7.86. The van der Waals surface area contributed by atoms with E-state index < -0.39 is 5.41 Å². The summed E-state index contributed by atoms with van der Waals surface area (Å²) in [5.41, 5.74) is -0.191. The maximum absolute atomic E-state index is 13.2. The predicted molar refractivity (Wildman–Crippen MR) is 237 cm³/mol. The van der Waals surface area contributed by atoms with E-state index in [4.69, 9.17) is 9.47 Å². The molecule has 0 aliphatic heterocycles. The van der Waals surface area contributed by atoms with Crippen LogP contribution in [0.4, 0.5) is 0 Å². The van der Waals surface area contributed by atoms with Gasteiger partial charge in [0.25, 0.3) is 0 Å². The molecule has 0 aromatic rings. The first-order valence-electron chi connectivity index (χ1n) is 24.2. The van der Waals surface area contributed by atoms with E-state index in [9.17, 15) is 14.7 Å². The van der Waals surface area contributed by atoms with Crippen molar-refractivity contribution in [2.45, 2.75) is 248 Å². The Hall–Kier alpha value is -1.14. The fraction of sp³-hybridized carbons (Fsp3) is 0.959. The molecule has 328 valence electrons. The van der Waals surface area contributed by atoms with Gasteiger partial charge in [-0.3, -0.25) is 9.59 Å². The van der Waals surface area contributed by atoms with Crippen LogP contribution in [0, 0.1) is 16.7 Å². The quantitative estimate of drug-likeness (QED) is 0.0491. The summed E-state index contributed by atoms with van der Waals surface area (Å²) in [6, 6.07) is 0. The lowest BCUT2D eigenvalue weighted by atomic mass is 9.83. The molecule has 0 aliphatic carbocycles. The number of hydrogen-bond donors (Lipinski definition) is 1. The summed E-state index contributed by atoms with van der Waals surface area (Å²) in [7, 11) is 0. The largest absolute Gasteiger partial charge is 0.466 e. The van der Waals surface area contributed by atoms with Crippen molar-refractivity contribution in [2.24, 2.45) is 16.7 Å². The van der Waals surface area contributed by atoms with Gasteiger partial charge < -0.3 is 19.5 Å². The number of unbranched alkanes of at least 4 members (excludes halogenated alkanes) is 18. The lowest BCUT2D eigenvalue weighted by molar-refractivity contribution is -0.156. The normalized spacial score (nSPS) is 12.3. The van der Waals surface area contributed by atoms with Crippen LogP contribution in [0.15, 0.2) is 0 Å². The average Bonchev–Trinajstić information content (AvgIpc) is 3.15. The highest BCUT2D eigenvalue weighted by atomic mass is 16.5. The molecule has 0 aliphatic rings. The topological polar surface area (TPSA) is 76.1 Å². The van der Waals surface area contributed by atoms with Gasteiger partial charge in [-0.25, -0.2) is 0 Å². The molecule has 6 nitrogen and oxygen atoms in total. The summed E-state index contributed by atoms with van der Waals surface area (Å²) in [6.45, 7) is 20.3. The third-order valence-electron chi connectivity index (χ3n) is 11.9. The number of nitrogens with zero attached hydrogens (tertiary/aromatic N) is 1. The highest BCUT2D eigenvalue weighted by Gasteiger charge is 2.29. The summed E-state index contributed by atoms with van der Waals surface area (Å²) in [4.78, 5) is 28.0. The molecule has 0 heterocycles. The molecule has 0 bridgehead atoms. The van der Waals surface area contributed by atoms with E-state index in [0.29, 0.717) is 25.6 Å². The van der Waals surface area contributed by atoms with E-state index in [-0.39, 0.29) is 24.0 Å². The molecule has 0 unspecified atom stereocenters. The third-order valence-corrected chi connectivity index (χ3v) is 11.9. The van der Waals surface area contributed by atoms with Crippen LogP contribution in [0.25, 0.3) is 0 Å². The standard InChI is InChI=1S/C49H97NO5/c1-8-11-14-17-18-21-26-35-46(52)54-43-32-37-48(4,5)36-31-41-50(40-29-30-42-51)39-28-23-22-27-38-49(6,7)47(53)55-44-45(33-24-19-15-12-9-2)34-25-20-16-13-10-3/h45,51H,8-44H2,1-7H3. The maximum atomic E-state index is 13.2. The van der Waals surface area contributed by atoms with Gasteiger partial charge in [-0.05, 0) is 115 Å². The number of carbonyl (C=O) groups excluding carboxylic acids is 2. The SMILES string of the molecule is CCCCCCCCCC(=O)OCCCC(C)(C)CCCN(CCCCO)CCCCCCC(C)(C)C(=O)OCC(CCCCCCC)CCCCCCC. The van der Waals surface area contributed by atoms with Crippen molar-refractivity contribution < 1.29 is 24.2 Å². The highest BCUT2D eigenvalue weighted by Crippen LogP contribution is 2.29. The molecule has 0 spiro atoms. The Kier molecular flexibility index (Phi) is 36.4. The monoisotopic (exact) mass is 780 g/mol. The molecule has 55 heavy (non-hydrogen) atoms. The molecule has 0 aromatic heterocycles. The van der Waals surface area contributed by atoms with E-state index in [1.165, 1.54) is 135 Å². The summed E-state index contributed by atoms with van der Waals surface area (Å²) in [6.07, 6.45) is 36.2. The first-order valence-corrected chi connectivity index (χ1v) is 24.2. The zero-order valence-corrected chi connectivity index (χ0v) is 38.3. The zero-order valence-electron chi connectivity index (χ0n) is 38.3. The van der Waals surface area contributed by atoms with Gasteiger partial charge in [0.1, 0.15) is 0 Å². The summed E-state index contributed by atoms with van der Waals surface area (Å²) >= 11 is 0. The zero-order chi connectivity index (χ0) is 40.9. The Balaban J connectivity index is 4.44. The van der Waals surface area contributed by atoms with Gasteiger partial charge in [-0.1, -0.05) is 157 Å². The Morgan fingerprint density at radius 1 is 0.527 bits per heavy atom. The fourth-order valence-electron chi connectivity index (χ4n) is 7.86. The number of aliphatic hydroxyl groups excluding tert-OH is 1. The number of aliphatic hydroxyl groups is 1. The van der Waals surface area contributed by atoms with Crippen LogP contribution < -0.4 is 0 Å². The van der Waals surface area contributed by atoms with Gasteiger partial charge in [0.15, 0.2) is 0 Å². The number of hydrogen-bond acceptors (Lipinski definition) is 6. The molecule has 6 heteroatoms. The van der Waals surface area contributed by atoms with Crippen LogP contribution in [0.2, 0.25) is 0 Å². The first kappa shape index (κ1) is 53.9. The van der Waals surface area contributed by atoms with Crippen molar-refractivity contribution in [3.63, 3.8) is 0 Å². The van der Waals surface area contributed by atoms with Crippen LogP contribution >= 0.6 is 0 Å². The first-order chi connectivity index (χ1) is 26.5. The van der Waals surface area contributed by atoms with E-state index in [1.54, 1.807) is 0 Å². The minimum absolute atomic E-state index is 0.00716. The minimum atomic E-state index is -0.426. The van der Waals surface area contributed by atoms with Crippen molar-refractivity contribution >= 4 is 11.9 Å². The van der Waals surface area contributed by atoms with Crippen LogP contribution in [-0.4, -0.2) is 61.4 Å². The highest BCUT2D eigenvalue weighted by molar-refractivity contribution is 5.75. The Labute approximate surface area is 343 Å². The molecule has 0 aromatic carbocycles. The van der Waals surface area contributed by atoms with Crippen molar-refractivity contribution in [3.8, 4) is 0 Å². The molecule has 0 radical (unpaired) electrons. The van der Waals surface area contributed by atoms with Crippen LogP contribution in [0.1, 0.15) is 248 Å². The number of carbonyl (C=O) groups is 2. The molecule has 0 saturated carbocycles. The number of rotatable bonds is 42. The molecule has 0 saturated heterocycles. The van der Waals surface area contributed by atoms with Crippen molar-refractivity contribution in [3.05, 3.63) is 0 Å². The number of esters is 2. The lowest BCUT2D eigenvalue weighted by Gasteiger charge is -2.28. The molecule has 1 N–H and O–H groups in total. The van der Waals surface area contributed by atoms with Crippen molar-refractivity contribution in [1.29, 1.82) is 0 Å². The van der Waals surface area contributed by atoms with E-state index in [2.05, 4.69) is 53.4 Å². The second kappa shape index (κ2) is 37.2. The second-order valence-corrected chi connectivity index (χ2v) is 18.7. The van der Waals surface area contributed by atoms with E-state index >= 15 is 0 Å². The second-order valence-electron chi connectivity index (χ2n) is 18.7. The van der Waals surface area contributed by atoms with Crippen molar-refractivity contribution in [2.75, 3.05) is 39.5 Å². The van der Waals surface area contributed by atoms with E-state index in [1.807, 2.05) is 0 Å². The molecule has 0 atom stereocenters. The van der Waals surface area contributed by atoms with Gasteiger partial charge in [0.05, 0.1) is 18.6 Å². The lowest BCUT2D eigenvalue weighted by Crippen LogP contribution is -2.29. The Morgan fingerprint density at radius 3 is 1.58 bits per heavy atom. The van der Waals surface area contributed by atoms with Gasteiger partial charge in [-0.2, -0.15) is 0 Å². The van der Waals surface area contributed by atoms with Gasteiger partial charge in [-0.15, -0.1) is 0 Å².